The topological polar surface area (TPSA) is 127 Å². The first-order valence-electron chi connectivity index (χ1n) is 9.85. The number of imidazole rings is 1. The SMILES string of the molecule is COc1ccc(-n2cnc(-c3nc(-c4ccco4)oc3N)c2/N=C/c2ccco2)c(OC)c1. The van der Waals surface area contributed by atoms with Gasteiger partial charge < -0.3 is 28.5 Å². The van der Waals surface area contributed by atoms with Crippen LogP contribution < -0.4 is 15.2 Å². The number of oxazole rings is 1. The van der Waals surface area contributed by atoms with E-state index in [2.05, 4.69) is 15.0 Å². The van der Waals surface area contributed by atoms with Gasteiger partial charge in [0.2, 0.25) is 5.88 Å². The van der Waals surface area contributed by atoms with Gasteiger partial charge in [-0.05, 0) is 36.4 Å². The summed E-state index contributed by atoms with van der Waals surface area (Å²) < 4.78 is 29.0. The zero-order chi connectivity index (χ0) is 22.8. The fraction of sp³-hybridized carbons (Fsp3) is 0.0870. The molecule has 0 spiro atoms. The van der Waals surface area contributed by atoms with Crippen LogP contribution in [-0.4, -0.2) is 35.0 Å². The number of methoxy groups -OCH3 is 2. The lowest BCUT2D eigenvalue weighted by molar-refractivity contribution is 0.393. The first-order valence-corrected chi connectivity index (χ1v) is 9.85. The van der Waals surface area contributed by atoms with E-state index in [1.54, 1.807) is 67.9 Å². The molecule has 5 rings (SSSR count). The standard InChI is InChI=1S/C23H19N5O5/c1-29-14-7-8-16(18(11-14)30-2)28-13-26-20(22(28)25-12-15-5-3-9-31-15)19-21(24)33-23(27-19)17-6-4-10-32-17/h3-13H,24H2,1-2H3/b25-12+. The number of benzene rings is 1. The zero-order valence-corrected chi connectivity index (χ0v) is 17.8. The molecule has 0 aliphatic rings. The van der Waals surface area contributed by atoms with Gasteiger partial charge in [0.25, 0.3) is 5.89 Å². The van der Waals surface area contributed by atoms with Gasteiger partial charge in [-0.25, -0.2) is 15.0 Å². The van der Waals surface area contributed by atoms with Gasteiger partial charge in [-0.15, -0.1) is 0 Å². The number of nitrogens with two attached hydrogens (primary N) is 1. The Balaban J connectivity index is 1.67. The minimum atomic E-state index is 0.0859. The second-order valence-electron chi connectivity index (χ2n) is 6.81. The molecule has 0 aliphatic heterocycles. The lowest BCUT2D eigenvalue weighted by atomic mass is 10.2. The maximum atomic E-state index is 6.15. The smallest absolute Gasteiger partial charge is 0.265 e. The van der Waals surface area contributed by atoms with E-state index in [0.717, 1.165) is 0 Å². The molecular weight excluding hydrogens is 426 g/mol. The molecule has 0 amide bonds. The van der Waals surface area contributed by atoms with Crippen LogP contribution in [0.25, 0.3) is 28.7 Å². The molecule has 4 aromatic heterocycles. The molecule has 0 unspecified atom stereocenters. The predicted molar refractivity (Wildman–Crippen MR) is 120 cm³/mol. The molecule has 5 aromatic rings. The van der Waals surface area contributed by atoms with E-state index >= 15 is 0 Å². The average Bonchev–Trinajstić information content (AvgIpc) is 3.64. The summed E-state index contributed by atoms with van der Waals surface area (Å²) in [5, 5.41) is 0. The van der Waals surface area contributed by atoms with Crippen LogP contribution in [-0.2, 0) is 0 Å². The first kappa shape index (κ1) is 20.2. The molecule has 33 heavy (non-hydrogen) atoms. The Labute approximate surface area is 187 Å². The molecule has 166 valence electrons. The van der Waals surface area contributed by atoms with Crippen molar-refractivity contribution in [2.45, 2.75) is 0 Å². The van der Waals surface area contributed by atoms with E-state index in [0.29, 0.717) is 45.9 Å². The number of aliphatic imine (C=N–C) groups is 1. The fourth-order valence-corrected chi connectivity index (χ4v) is 3.29. The first-order chi connectivity index (χ1) is 16.2. The lowest BCUT2D eigenvalue weighted by Crippen LogP contribution is -1.98. The van der Waals surface area contributed by atoms with Gasteiger partial charge in [0, 0.05) is 6.07 Å². The summed E-state index contributed by atoms with van der Waals surface area (Å²) in [6, 6.07) is 12.5. The van der Waals surface area contributed by atoms with Crippen LogP contribution in [0.1, 0.15) is 5.76 Å². The molecule has 10 nitrogen and oxygen atoms in total. The Morgan fingerprint density at radius 3 is 2.61 bits per heavy atom. The predicted octanol–water partition coefficient (Wildman–Crippen LogP) is 4.73. The molecule has 0 aliphatic carbocycles. The third-order valence-electron chi connectivity index (χ3n) is 4.86. The minimum Gasteiger partial charge on any atom is -0.497 e. The molecule has 0 saturated heterocycles. The lowest BCUT2D eigenvalue weighted by Gasteiger charge is -2.12. The van der Waals surface area contributed by atoms with Crippen LogP contribution in [0.15, 0.2) is 79.6 Å². The Morgan fingerprint density at radius 1 is 1.03 bits per heavy atom. The van der Waals surface area contributed by atoms with Crippen LogP contribution >= 0.6 is 0 Å². The number of hydrogen-bond donors (Lipinski definition) is 1. The van der Waals surface area contributed by atoms with Crippen molar-refractivity contribution in [3.8, 4) is 40.2 Å². The van der Waals surface area contributed by atoms with Crippen molar-refractivity contribution in [1.29, 1.82) is 0 Å². The number of nitrogens with zero attached hydrogens (tertiary/aromatic N) is 4. The van der Waals surface area contributed by atoms with Crippen molar-refractivity contribution in [1.82, 2.24) is 14.5 Å². The third-order valence-corrected chi connectivity index (χ3v) is 4.86. The largest absolute Gasteiger partial charge is 0.497 e. The number of nitrogen functional groups attached to an aromatic ring is 1. The van der Waals surface area contributed by atoms with E-state index in [9.17, 15) is 0 Å². The van der Waals surface area contributed by atoms with Crippen LogP contribution in [0, 0.1) is 0 Å². The zero-order valence-electron chi connectivity index (χ0n) is 17.8. The van der Waals surface area contributed by atoms with Crippen LogP contribution in [0.2, 0.25) is 0 Å². The third kappa shape index (κ3) is 3.74. The van der Waals surface area contributed by atoms with Gasteiger partial charge in [0.1, 0.15) is 29.3 Å². The number of ether oxygens (including phenoxy) is 2. The minimum absolute atomic E-state index is 0.0859. The molecule has 0 fully saturated rings. The molecule has 0 atom stereocenters. The number of rotatable bonds is 7. The monoisotopic (exact) mass is 445 g/mol. The summed E-state index contributed by atoms with van der Waals surface area (Å²) >= 11 is 0. The number of aromatic nitrogens is 3. The second-order valence-corrected chi connectivity index (χ2v) is 6.81. The summed E-state index contributed by atoms with van der Waals surface area (Å²) in [5.74, 6) is 3.01. The molecule has 10 heteroatoms. The molecule has 2 N–H and O–H groups in total. The maximum Gasteiger partial charge on any atom is 0.265 e. The van der Waals surface area contributed by atoms with Gasteiger partial charge in [0.05, 0.1) is 38.6 Å². The van der Waals surface area contributed by atoms with Gasteiger partial charge in [-0.1, -0.05) is 0 Å². The summed E-state index contributed by atoms with van der Waals surface area (Å²) in [6.45, 7) is 0. The van der Waals surface area contributed by atoms with E-state index < -0.39 is 0 Å². The maximum absolute atomic E-state index is 6.15. The van der Waals surface area contributed by atoms with Crippen molar-refractivity contribution < 1.29 is 22.7 Å². The summed E-state index contributed by atoms with van der Waals surface area (Å²) in [6.07, 6.45) is 6.28. The molecule has 0 radical (unpaired) electrons. The molecule has 0 bridgehead atoms. The van der Waals surface area contributed by atoms with Gasteiger partial charge in [-0.3, -0.25) is 4.57 Å². The van der Waals surface area contributed by atoms with Gasteiger partial charge in [0.15, 0.2) is 17.3 Å². The van der Waals surface area contributed by atoms with Crippen LogP contribution in [0.5, 0.6) is 11.5 Å². The molecule has 1 aromatic carbocycles. The fourth-order valence-electron chi connectivity index (χ4n) is 3.29. The number of furan rings is 2. The highest BCUT2D eigenvalue weighted by atomic mass is 16.5. The summed E-state index contributed by atoms with van der Waals surface area (Å²) in [7, 11) is 3.17. The second kappa shape index (κ2) is 8.42. The Hall–Kier alpha value is -4.73. The van der Waals surface area contributed by atoms with Crippen LogP contribution in [0.3, 0.4) is 0 Å². The van der Waals surface area contributed by atoms with E-state index in [1.165, 1.54) is 6.26 Å². The summed E-state index contributed by atoms with van der Waals surface area (Å²) in [4.78, 5) is 13.7. The van der Waals surface area contributed by atoms with E-state index in [-0.39, 0.29) is 11.8 Å². The van der Waals surface area contributed by atoms with E-state index in [4.69, 9.17) is 28.5 Å². The molecular formula is C23H19N5O5. The normalized spacial score (nSPS) is 11.3. The van der Waals surface area contributed by atoms with Crippen molar-refractivity contribution in [2.75, 3.05) is 20.0 Å². The Bertz CT molecular complexity index is 1400. The van der Waals surface area contributed by atoms with Crippen molar-refractivity contribution in [3.05, 3.63) is 67.1 Å². The van der Waals surface area contributed by atoms with Gasteiger partial charge >= 0.3 is 0 Å². The highest BCUT2D eigenvalue weighted by Crippen LogP contribution is 2.39. The number of anilines is 1. The van der Waals surface area contributed by atoms with Crippen molar-refractivity contribution in [2.24, 2.45) is 4.99 Å². The summed E-state index contributed by atoms with van der Waals surface area (Å²) in [5.41, 5.74) is 7.59. The average molecular weight is 445 g/mol. The number of hydrogen-bond acceptors (Lipinski definition) is 9. The highest BCUT2D eigenvalue weighted by molar-refractivity contribution is 5.83. The van der Waals surface area contributed by atoms with Crippen molar-refractivity contribution >= 4 is 17.9 Å². The quantitative estimate of drug-likeness (QED) is 0.356. The Morgan fingerprint density at radius 2 is 1.88 bits per heavy atom. The molecule has 4 heterocycles. The Kier molecular flexibility index (Phi) is 5.15. The highest BCUT2D eigenvalue weighted by Gasteiger charge is 2.23. The van der Waals surface area contributed by atoms with E-state index in [1.807, 2.05) is 12.1 Å². The van der Waals surface area contributed by atoms with Crippen LogP contribution in [0.4, 0.5) is 11.7 Å². The van der Waals surface area contributed by atoms with Gasteiger partial charge in [-0.2, -0.15) is 0 Å². The molecule has 0 saturated carbocycles. The van der Waals surface area contributed by atoms with Crippen molar-refractivity contribution in [3.63, 3.8) is 0 Å².